The molecule has 3 heterocycles. The van der Waals surface area contributed by atoms with E-state index in [9.17, 15) is 4.79 Å². The molecule has 1 saturated carbocycles. The van der Waals surface area contributed by atoms with Gasteiger partial charge in [-0.05, 0) is 19.3 Å². The van der Waals surface area contributed by atoms with Crippen LogP contribution in [0.3, 0.4) is 0 Å². The number of urea groups is 1. The summed E-state index contributed by atoms with van der Waals surface area (Å²) < 4.78 is 7.30. The van der Waals surface area contributed by atoms with Crippen LogP contribution in [0.1, 0.15) is 49.2 Å². The Balaban J connectivity index is 1.60. The predicted octanol–water partition coefficient (Wildman–Crippen LogP) is 1.83. The third-order valence-corrected chi connectivity index (χ3v) is 4.64. The molecular formula is C16H22N6O2. The molecule has 8 heteroatoms. The van der Waals surface area contributed by atoms with E-state index in [1.165, 1.54) is 0 Å². The van der Waals surface area contributed by atoms with Crippen LogP contribution in [0.4, 0.5) is 4.79 Å². The van der Waals surface area contributed by atoms with Crippen molar-refractivity contribution in [3.8, 4) is 11.6 Å². The predicted molar refractivity (Wildman–Crippen MR) is 86.3 cm³/mol. The number of carbonyl (C=O) groups excluding carboxylic acids is 1. The van der Waals surface area contributed by atoms with Crippen LogP contribution in [0.5, 0.6) is 0 Å². The molecule has 0 aromatic carbocycles. The molecule has 2 aromatic heterocycles. The van der Waals surface area contributed by atoms with Gasteiger partial charge in [0, 0.05) is 43.7 Å². The fraction of sp³-hybridized carbons (Fsp3) is 0.625. The van der Waals surface area contributed by atoms with Crippen LogP contribution in [-0.2, 0) is 20.0 Å². The number of aryl methyl sites for hydroxylation is 1. The van der Waals surface area contributed by atoms with E-state index in [2.05, 4.69) is 20.6 Å². The highest BCUT2D eigenvalue weighted by Gasteiger charge is 2.32. The molecule has 4 rings (SSSR count). The van der Waals surface area contributed by atoms with Gasteiger partial charge in [0.2, 0.25) is 0 Å². The van der Waals surface area contributed by atoms with Gasteiger partial charge in [0.25, 0.3) is 5.89 Å². The zero-order chi connectivity index (χ0) is 16.7. The van der Waals surface area contributed by atoms with Crippen molar-refractivity contribution >= 4 is 6.03 Å². The second kappa shape index (κ2) is 5.92. The molecule has 1 aliphatic carbocycles. The molecule has 0 saturated heterocycles. The number of fused-ring (bicyclic) bond motifs is 1. The molecule has 2 aromatic rings. The lowest BCUT2D eigenvalue weighted by atomic mass is 10.1. The molecule has 1 fully saturated rings. The Hall–Kier alpha value is -2.38. The first-order chi connectivity index (χ1) is 11.7. The van der Waals surface area contributed by atoms with Gasteiger partial charge in [0.05, 0.1) is 6.54 Å². The Morgan fingerprint density at radius 2 is 2.25 bits per heavy atom. The lowest BCUT2D eigenvalue weighted by molar-refractivity contribution is 0.192. The van der Waals surface area contributed by atoms with Crippen molar-refractivity contribution in [2.75, 3.05) is 13.1 Å². The number of carbonyl (C=O) groups is 1. The fourth-order valence-corrected chi connectivity index (χ4v) is 3.12. The molecule has 2 aliphatic rings. The Morgan fingerprint density at radius 3 is 3.00 bits per heavy atom. The molecule has 128 valence electrons. The Morgan fingerprint density at radius 1 is 1.42 bits per heavy atom. The number of amides is 2. The maximum atomic E-state index is 12.3. The van der Waals surface area contributed by atoms with Gasteiger partial charge in [0.1, 0.15) is 0 Å². The van der Waals surface area contributed by atoms with Gasteiger partial charge in [-0.2, -0.15) is 10.1 Å². The first-order valence-electron chi connectivity index (χ1n) is 8.59. The summed E-state index contributed by atoms with van der Waals surface area (Å²) in [5.74, 6) is 1.68. The van der Waals surface area contributed by atoms with Crippen LogP contribution in [-0.4, -0.2) is 43.9 Å². The maximum Gasteiger partial charge on any atom is 0.317 e. The van der Waals surface area contributed by atoms with Crippen LogP contribution < -0.4 is 5.32 Å². The van der Waals surface area contributed by atoms with E-state index < -0.39 is 0 Å². The molecule has 24 heavy (non-hydrogen) atoms. The third kappa shape index (κ3) is 2.65. The molecule has 2 amide bonds. The van der Waals surface area contributed by atoms with E-state index in [0.29, 0.717) is 37.1 Å². The van der Waals surface area contributed by atoms with Crippen LogP contribution in [0, 0.1) is 0 Å². The normalized spacial score (nSPS) is 17.0. The van der Waals surface area contributed by atoms with Crippen molar-refractivity contribution in [2.45, 2.75) is 45.1 Å². The Bertz CT molecular complexity index is 761. The van der Waals surface area contributed by atoms with Crippen LogP contribution in [0.15, 0.2) is 4.52 Å². The molecule has 0 atom stereocenters. The molecule has 8 nitrogen and oxygen atoms in total. The second-order valence-corrected chi connectivity index (χ2v) is 6.53. The van der Waals surface area contributed by atoms with E-state index >= 15 is 0 Å². The van der Waals surface area contributed by atoms with Gasteiger partial charge in [-0.25, -0.2) is 4.79 Å². The molecular weight excluding hydrogens is 308 g/mol. The zero-order valence-electron chi connectivity index (χ0n) is 14.1. The number of nitrogens with zero attached hydrogens (tertiary/aromatic N) is 5. The third-order valence-electron chi connectivity index (χ3n) is 4.64. The summed E-state index contributed by atoms with van der Waals surface area (Å²) in [4.78, 5) is 18.6. The quantitative estimate of drug-likeness (QED) is 0.924. The summed E-state index contributed by atoms with van der Waals surface area (Å²) in [6.45, 7) is 3.95. The number of hydrogen-bond donors (Lipinski definition) is 1. The van der Waals surface area contributed by atoms with Crippen molar-refractivity contribution in [3.63, 3.8) is 0 Å². The summed E-state index contributed by atoms with van der Waals surface area (Å²) in [7, 11) is 1.92. The molecule has 0 spiro atoms. The monoisotopic (exact) mass is 330 g/mol. The average molecular weight is 330 g/mol. The van der Waals surface area contributed by atoms with E-state index in [4.69, 9.17) is 4.52 Å². The van der Waals surface area contributed by atoms with E-state index in [-0.39, 0.29) is 6.03 Å². The van der Waals surface area contributed by atoms with Gasteiger partial charge in [-0.3, -0.25) is 4.68 Å². The number of hydrogen-bond acceptors (Lipinski definition) is 5. The van der Waals surface area contributed by atoms with E-state index in [1.54, 1.807) is 0 Å². The minimum absolute atomic E-state index is 0.0264. The van der Waals surface area contributed by atoms with Crippen molar-refractivity contribution in [3.05, 3.63) is 17.1 Å². The number of nitrogens with one attached hydrogen (secondary N) is 1. The van der Waals surface area contributed by atoms with E-state index in [1.807, 2.05) is 23.6 Å². The lowest BCUT2D eigenvalue weighted by Gasteiger charge is -2.27. The van der Waals surface area contributed by atoms with Crippen molar-refractivity contribution in [1.29, 1.82) is 0 Å². The molecule has 1 aliphatic heterocycles. The number of rotatable bonds is 4. The van der Waals surface area contributed by atoms with Gasteiger partial charge < -0.3 is 14.7 Å². The molecule has 1 N–H and O–H groups in total. The standard InChI is InChI=1S/C16H22N6O2/c1-3-7-17-16(23)22-8-6-12-11(9-22)13(19-21(12)2)15-18-14(20-24-15)10-4-5-10/h10H,3-9H2,1-2H3,(H,17,23). The second-order valence-electron chi connectivity index (χ2n) is 6.53. The summed E-state index contributed by atoms with van der Waals surface area (Å²) in [6, 6.07) is -0.0264. The SMILES string of the molecule is CCCNC(=O)N1CCc2c(c(-c3nc(C4CC4)no3)nn2C)C1. The lowest BCUT2D eigenvalue weighted by Crippen LogP contribution is -2.43. The van der Waals surface area contributed by atoms with Gasteiger partial charge >= 0.3 is 6.03 Å². The first-order valence-corrected chi connectivity index (χ1v) is 8.59. The summed E-state index contributed by atoms with van der Waals surface area (Å²) in [6.07, 6.45) is 3.96. The fourth-order valence-electron chi connectivity index (χ4n) is 3.12. The number of aromatic nitrogens is 4. The summed E-state index contributed by atoms with van der Waals surface area (Å²) >= 11 is 0. The van der Waals surface area contributed by atoms with Gasteiger partial charge in [-0.1, -0.05) is 12.1 Å². The Labute approximate surface area is 140 Å². The molecule has 0 radical (unpaired) electrons. The van der Waals surface area contributed by atoms with Crippen LogP contribution >= 0.6 is 0 Å². The minimum atomic E-state index is -0.0264. The van der Waals surface area contributed by atoms with Crippen molar-refractivity contribution in [2.24, 2.45) is 7.05 Å². The maximum absolute atomic E-state index is 12.3. The van der Waals surface area contributed by atoms with Crippen LogP contribution in [0.2, 0.25) is 0 Å². The highest BCUT2D eigenvalue weighted by molar-refractivity contribution is 5.75. The minimum Gasteiger partial charge on any atom is -0.338 e. The molecule has 0 unspecified atom stereocenters. The topological polar surface area (TPSA) is 89.1 Å². The Kier molecular flexibility index (Phi) is 3.74. The highest BCUT2D eigenvalue weighted by atomic mass is 16.5. The average Bonchev–Trinajstić information content (AvgIpc) is 3.24. The van der Waals surface area contributed by atoms with Crippen molar-refractivity contribution in [1.82, 2.24) is 30.1 Å². The smallest absolute Gasteiger partial charge is 0.317 e. The summed E-state index contributed by atoms with van der Waals surface area (Å²) in [5, 5.41) is 11.6. The van der Waals surface area contributed by atoms with Crippen molar-refractivity contribution < 1.29 is 9.32 Å². The highest BCUT2D eigenvalue weighted by Crippen LogP contribution is 2.39. The van der Waals surface area contributed by atoms with Crippen LogP contribution in [0.25, 0.3) is 11.6 Å². The summed E-state index contributed by atoms with van der Waals surface area (Å²) in [5.41, 5.74) is 2.86. The zero-order valence-corrected chi connectivity index (χ0v) is 14.1. The molecule has 0 bridgehead atoms. The first kappa shape index (κ1) is 15.2. The van der Waals surface area contributed by atoms with E-state index in [0.717, 1.165) is 42.8 Å². The largest absolute Gasteiger partial charge is 0.338 e. The van der Waals surface area contributed by atoms with Gasteiger partial charge in [0.15, 0.2) is 11.5 Å². The van der Waals surface area contributed by atoms with Gasteiger partial charge in [-0.15, -0.1) is 0 Å².